The Kier molecular flexibility index (Phi) is 6.58. The maximum absolute atomic E-state index is 13.3. The summed E-state index contributed by atoms with van der Waals surface area (Å²) >= 11 is 8.05. The molecule has 170 valence electrons. The molecule has 0 saturated heterocycles. The molecule has 4 heterocycles. The summed E-state index contributed by atoms with van der Waals surface area (Å²) < 4.78 is 7.49. The van der Waals surface area contributed by atoms with E-state index in [1.165, 1.54) is 0 Å². The standard InChI is InChI=1S/C24H24ClN5O2S/c1-13(2)23-27-9-7-19(29-23)20-10-18(6-8-26-20)30-15(4)14(3)22(21(25)24(30)31)32-11-17-12-33-16(5)28-17/h6-10,12-13H,11H2,1-5H3. The molecule has 0 fully saturated rings. The van der Waals surface area contributed by atoms with Crippen molar-refractivity contribution in [2.45, 2.75) is 47.1 Å². The van der Waals surface area contributed by atoms with E-state index in [0.717, 1.165) is 27.8 Å². The van der Waals surface area contributed by atoms with Gasteiger partial charge in [-0.15, -0.1) is 11.3 Å². The molecule has 33 heavy (non-hydrogen) atoms. The lowest BCUT2D eigenvalue weighted by molar-refractivity contribution is 0.298. The highest BCUT2D eigenvalue weighted by Crippen LogP contribution is 2.30. The molecule has 0 aromatic carbocycles. The second kappa shape index (κ2) is 9.41. The fourth-order valence-corrected chi connectivity index (χ4v) is 4.32. The highest BCUT2D eigenvalue weighted by Gasteiger charge is 2.19. The molecule has 0 aliphatic heterocycles. The summed E-state index contributed by atoms with van der Waals surface area (Å²) in [5, 5.41) is 2.93. The monoisotopic (exact) mass is 481 g/mol. The fraction of sp³-hybridized carbons (Fsp3) is 0.292. The fourth-order valence-electron chi connectivity index (χ4n) is 3.44. The maximum Gasteiger partial charge on any atom is 0.277 e. The van der Waals surface area contributed by atoms with Crippen molar-refractivity contribution in [2.75, 3.05) is 0 Å². The molecule has 4 aromatic heterocycles. The molecule has 4 rings (SSSR count). The molecule has 4 aromatic rings. The van der Waals surface area contributed by atoms with Gasteiger partial charge in [-0.05, 0) is 39.0 Å². The van der Waals surface area contributed by atoms with Crippen LogP contribution in [0.3, 0.4) is 0 Å². The first-order valence-corrected chi connectivity index (χ1v) is 11.8. The van der Waals surface area contributed by atoms with Crippen LogP contribution in [0.25, 0.3) is 17.1 Å². The Morgan fingerprint density at radius 3 is 2.55 bits per heavy atom. The van der Waals surface area contributed by atoms with Crippen molar-refractivity contribution in [1.29, 1.82) is 0 Å². The molecule has 0 bridgehead atoms. The summed E-state index contributed by atoms with van der Waals surface area (Å²) in [6.07, 6.45) is 3.38. The Morgan fingerprint density at radius 1 is 1.09 bits per heavy atom. The minimum absolute atomic E-state index is 0.0348. The lowest BCUT2D eigenvalue weighted by Gasteiger charge is -2.18. The van der Waals surface area contributed by atoms with E-state index < -0.39 is 0 Å². The van der Waals surface area contributed by atoms with Gasteiger partial charge < -0.3 is 4.74 Å². The largest absolute Gasteiger partial charge is 0.485 e. The number of ether oxygens (including phenoxy) is 1. The van der Waals surface area contributed by atoms with E-state index in [1.54, 1.807) is 34.4 Å². The van der Waals surface area contributed by atoms with Crippen LogP contribution in [-0.4, -0.2) is 24.5 Å². The van der Waals surface area contributed by atoms with E-state index in [9.17, 15) is 4.79 Å². The van der Waals surface area contributed by atoms with Crippen LogP contribution >= 0.6 is 22.9 Å². The van der Waals surface area contributed by atoms with Crippen LogP contribution in [0.4, 0.5) is 0 Å². The van der Waals surface area contributed by atoms with Crippen molar-refractivity contribution in [3.63, 3.8) is 0 Å². The molecule has 0 saturated carbocycles. The second-order valence-corrected chi connectivity index (χ2v) is 9.43. The first-order chi connectivity index (χ1) is 15.8. The molecule has 0 aliphatic carbocycles. The van der Waals surface area contributed by atoms with Crippen molar-refractivity contribution in [3.8, 4) is 22.8 Å². The molecular weight excluding hydrogens is 458 g/mol. The van der Waals surface area contributed by atoms with E-state index in [0.29, 0.717) is 22.8 Å². The number of nitrogens with zero attached hydrogens (tertiary/aromatic N) is 5. The normalized spacial score (nSPS) is 11.2. The summed E-state index contributed by atoms with van der Waals surface area (Å²) in [5.74, 6) is 1.32. The summed E-state index contributed by atoms with van der Waals surface area (Å²) in [5.41, 5.74) is 3.97. The number of aryl methyl sites for hydroxylation is 1. The van der Waals surface area contributed by atoms with Gasteiger partial charge in [-0.2, -0.15) is 0 Å². The lowest BCUT2D eigenvalue weighted by atomic mass is 10.1. The smallest absolute Gasteiger partial charge is 0.277 e. The van der Waals surface area contributed by atoms with Crippen molar-refractivity contribution in [3.05, 3.63) is 79.1 Å². The summed E-state index contributed by atoms with van der Waals surface area (Å²) in [6, 6.07) is 5.41. The van der Waals surface area contributed by atoms with E-state index >= 15 is 0 Å². The molecule has 0 spiro atoms. The number of thiazole rings is 1. The molecule has 0 N–H and O–H groups in total. The van der Waals surface area contributed by atoms with Gasteiger partial charge in [0.05, 0.1) is 27.8 Å². The third-order valence-corrected chi connectivity index (χ3v) is 6.45. The summed E-state index contributed by atoms with van der Waals surface area (Å²) in [6.45, 7) is 10.0. The lowest BCUT2D eigenvalue weighted by Crippen LogP contribution is -2.23. The van der Waals surface area contributed by atoms with E-state index in [2.05, 4.69) is 19.9 Å². The SMILES string of the molecule is Cc1nc(COc2c(C)c(C)n(-c3ccnc(-c4ccnc(C(C)C)n4)c3)c(=O)c2Cl)cs1. The van der Waals surface area contributed by atoms with Gasteiger partial charge in [0.2, 0.25) is 0 Å². The molecule has 7 nitrogen and oxygen atoms in total. The van der Waals surface area contributed by atoms with E-state index in [-0.39, 0.29) is 23.1 Å². The Balaban J connectivity index is 1.73. The Bertz CT molecular complexity index is 1380. The predicted octanol–water partition coefficient (Wildman–Crippen LogP) is 5.43. The highest BCUT2D eigenvalue weighted by molar-refractivity contribution is 7.09. The van der Waals surface area contributed by atoms with Crippen LogP contribution in [0.15, 0.2) is 40.8 Å². The average Bonchev–Trinajstić information content (AvgIpc) is 3.23. The minimum Gasteiger partial charge on any atom is -0.485 e. The van der Waals surface area contributed by atoms with E-state index in [4.69, 9.17) is 16.3 Å². The van der Waals surface area contributed by atoms with Gasteiger partial charge in [0.25, 0.3) is 5.56 Å². The quantitative estimate of drug-likeness (QED) is 0.365. The molecule has 0 radical (unpaired) electrons. The van der Waals surface area contributed by atoms with Crippen LogP contribution in [0.2, 0.25) is 5.02 Å². The zero-order valence-corrected chi connectivity index (χ0v) is 20.7. The molecule has 0 amide bonds. The molecular formula is C24H24ClN5O2S. The van der Waals surface area contributed by atoms with Crippen molar-refractivity contribution >= 4 is 22.9 Å². The number of aromatic nitrogens is 5. The first-order valence-electron chi connectivity index (χ1n) is 10.5. The van der Waals surface area contributed by atoms with Gasteiger partial charge in [-0.25, -0.2) is 15.0 Å². The van der Waals surface area contributed by atoms with Crippen LogP contribution in [0.5, 0.6) is 5.75 Å². The minimum atomic E-state index is -0.355. The predicted molar refractivity (Wildman–Crippen MR) is 131 cm³/mol. The van der Waals surface area contributed by atoms with Crippen molar-refractivity contribution in [1.82, 2.24) is 24.5 Å². The van der Waals surface area contributed by atoms with E-state index in [1.807, 2.05) is 52.1 Å². The van der Waals surface area contributed by atoms with Crippen LogP contribution in [-0.2, 0) is 6.61 Å². The number of pyridine rings is 2. The highest BCUT2D eigenvalue weighted by atomic mass is 35.5. The van der Waals surface area contributed by atoms with Gasteiger partial charge in [0.1, 0.15) is 23.2 Å². The second-order valence-electron chi connectivity index (χ2n) is 7.99. The van der Waals surface area contributed by atoms with Crippen LogP contribution in [0, 0.1) is 20.8 Å². The number of rotatable bonds is 6. The summed E-state index contributed by atoms with van der Waals surface area (Å²) in [7, 11) is 0. The van der Waals surface area contributed by atoms with Crippen LogP contribution < -0.4 is 10.3 Å². The van der Waals surface area contributed by atoms with Crippen LogP contribution in [0.1, 0.15) is 47.5 Å². The van der Waals surface area contributed by atoms with Gasteiger partial charge in [-0.3, -0.25) is 14.3 Å². The van der Waals surface area contributed by atoms with Gasteiger partial charge in [0, 0.05) is 34.9 Å². The number of halogens is 1. The van der Waals surface area contributed by atoms with Gasteiger partial charge in [0.15, 0.2) is 0 Å². The van der Waals surface area contributed by atoms with Gasteiger partial charge >= 0.3 is 0 Å². The zero-order chi connectivity index (χ0) is 23.7. The average molecular weight is 482 g/mol. The Hall–Kier alpha value is -3.10. The zero-order valence-electron chi connectivity index (χ0n) is 19.1. The molecule has 9 heteroatoms. The van der Waals surface area contributed by atoms with Crippen molar-refractivity contribution in [2.24, 2.45) is 0 Å². The Labute approximate surface area is 201 Å². The maximum atomic E-state index is 13.3. The first kappa shape index (κ1) is 23.1. The van der Waals surface area contributed by atoms with Crippen molar-refractivity contribution < 1.29 is 4.74 Å². The molecule has 0 unspecified atom stereocenters. The topological polar surface area (TPSA) is 82.8 Å². The van der Waals surface area contributed by atoms with Gasteiger partial charge in [-0.1, -0.05) is 25.4 Å². The molecule has 0 atom stereocenters. The molecule has 0 aliphatic rings. The number of hydrogen-bond donors (Lipinski definition) is 0. The Morgan fingerprint density at radius 2 is 1.85 bits per heavy atom. The third kappa shape index (κ3) is 4.67. The summed E-state index contributed by atoms with van der Waals surface area (Å²) in [4.78, 5) is 31.0. The number of hydrogen-bond acceptors (Lipinski definition) is 7. The third-order valence-electron chi connectivity index (χ3n) is 5.29.